The SMILES string of the molecule is C=CCC.C=C[CH2-].C[N+](C)(C)C.[Rf].[Rf]. The zero-order valence-electron chi connectivity index (χ0n) is 10.8. The molecule has 0 saturated heterocycles. The minimum atomic E-state index is 0. The summed E-state index contributed by atoms with van der Waals surface area (Å²) in [6.07, 6.45) is 4.46. The van der Waals surface area contributed by atoms with Gasteiger partial charge in [0.2, 0.25) is 0 Å². The number of hydrogen-bond donors (Lipinski definition) is 0. The van der Waals surface area contributed by atoms with Crippen LogP contribution in [0, 0.1) is 6.92 Å². The number of allylic oxidation sites excluding steroid dienone is 2. The third-order valence-corrected chi connectivity index (χ3v) is 0.289. The molecule has 0 N–H and O–H groups in total. The molecule has 14 heavy (non-hydrogen) atoms. The van der Waals surface area contributed by atoms with Crippen LogP contribution in [0.1, 0.15) is 13.3 Å². The minimum absolute atomic E-state index is 0. The Bertz CT molecular complexity index is 90.0. The van der Waals surface area contributed by atoms with Gasteiger partial charge in [-0.25, -0.2) is 19.6 Å². The van der Waals surface area contributed by atoms with Crippen LogP contribution in [0.25, 0.3) is 0 Å². The fourth-order valence-electron chi connectivity index (χ4n) is 0. The van der Waals surface area contributed by atoms with Crippen LogP contribution >= 0.6 is 0 Å². The Kier molecular flexibility index (Phi) is 48.4. The van der Waals surface area contributed by atoms with Crippen LogP contribution in [-0.4, -0.2) is 32.7 Å². The van der Waals surface area contributed by atoms with Crippen LogP contribution in [0.2, 0.25) is 0 Å². The summed E-state index contributed by atoms with van der Waals surface area (Å²) in [6, 6.07) is 0. The molecule has 0 aromatic carbocycles. The van der Waals surface area contributed by atoms with E-state index in [1.54, 1.807) is 0 Å². The minimum Gasteiger partial charge on any atom is -0.333 e. The Morgan fingerprint density at radius 1 is 1.07 bits per heavy atom. The molecule has 0 heterocycles. The summed E-state index contributed by atoms with van der Waals surface area (Å²) >= 11 is 0. The average Bonchev–Trinajstić information content (AvgIpc) is 1.85. The first-order valence-electron chi connectivity index (χ1n) is 4.13. The molecule has 0 saturated carbocycles. The number of nitrogens with zero attached hydrogens (tertiary/aromatic N) is 1. The third kappa shape index (κ3) is 225. The molecular weight excluding hydrogens is 680 g/mol. The number of quaternary nitrogens is 1. The first-order valence-corrected chi connectivity index (χ1v) is 4.13. The van der Waals surface area contributed by atoms with Gasteiger partial charge in [0.25, 0.3) is 0 Å². The summed E-state index contributed by atoms with van der Waals surface area (Å²) in [7, 11) is 8.50. The summed E-state index contributed by atoms with van der Waals surface area (Å²) in [4.78, 5) is 0. The molecule has 0 radical (unpaired) electrons. The first-order chi connectivity index (χ1) is 5.33. The Balaban J connectivity index is -0.0000000278. The molecule has 0 unspecified atom stereocenters. The van der Waals surface area contributed by atoms with Crippen molar-refractivity contribution in [1.82, 2.24) is 0 Å². The van der Waals surface area contributed by atoms with Crippen molar-refractivity contribution in [1.29, 1.82) is 0 Å². The predicted octanol–water partition coefficient (Wildman–Crippen LogP) is 2.91. The molecule has 0 aliphatic heterocycles. The summed E-state index contributed by atoms with van der Waals surface area (Å²) < 4.78 is 1.00. The average molecular weight is 705 g/mol. The van der Waals surface area contributed by atoms with Gasteiger partial charge < -0.3 is 4.48 Å². The van der Waals surface area contributed by atoms with Crippen molar-refractivity contribution in [3.63, 3.8) is 0 Å². The Hall–Kier alpha value is -2.69. The van der Waals surface area contributed by atoms with Gasteiger partial charge in [0.05, 0.1) is 28.2 Å². The Morgan fingerprint density at radius 3 is 1.14 bits per heavy atom. The smallest absolute Gasteiger partial charge is 0.0675 e. The van der Waals surface area contributed by atoms with Gasteiger partial charge >= 0.3 is 0 Å². The summed E-state index contributed by atoms with van der Waals surface area (Å²) in [6.45, 7) is 12.0. The third-order valence-electron chi connectivity index (χ3n) is 0.289. The Morgan fingerprint density at radius 2 is 1.14 bits per heavy atom. The van der Waals surface area contributed by atoms with E-state index < -0.39 is 0 Å². The van der Waals surface area contributed by atoms with E-state index in [9.17, 15) is 0 Å². The summed E-state index contributed by atoms with van der Waals surface area (Å²) in [5.74, 6) is 0. The van der Waals surface area contributed by atoms with Crippen LogP contribution in [0.15, 0.2) is 25.3 Å². The predicted molar refractivity (Wildman–Crippen MR) is 60.0 cm³/mol. The second-order valence-corrected chi connectivity index (χ2v) is 3.67. The van der Waals surface area contributed by atoms with Gasteiger partial charge in [-0.2, -0.15) is 0 Å². The topological polar surface area (TPSA) is 0 Å². The molecule has 0 spiro atoms. The van der Waals surface area contributed by atoms with Crippen molar-refractivity contribution in [2.75, 3.05) is 28.2 Å². The van der Waals surface area contributed by atoms with Crippen molar-refractivity contribution in [3.8, 4) is 0 Å². The molecular formula is C11H25NRf2. The van der Waals surface area contributed by atoms with Gasteiger partial charge in [0, 0.05) is 0 Å². The van der Waals surface area contributed by atoms with Gasteiger partial charge in [0.1, 0.15) is 0 Å². The number of rotatable bonds is 1. The van der Waals surface area contributed by atoms with E-state index in [1.807, 2.05) is 6.08 Å². The van der Waals surface area contributed by atoms with E-state index in [1.165, 1.54) is 6.08 Å². The molecule has 3 heteroatoms. The van der Waals surface area contributed by atoms with Crippen molar-refractivity contribution in [2.45, 2.75) is 13.3 Å². The van der Waals surface area contributed by atoms with Crippen molar-refractivity contribution in [3.05, 3.63) is 32.2 Å². The molecule has 0 aliphatic carbocycles. The molecule has 0 bridgehead atoms. The zero-order valence-corrected chi connectivity index (χ0v) is 23.6. The van der Waals surface area contributed by atoms with Gasteiger partial charge in [-0.05, 0) is 6.42 Å². The summed E-state index contributed by atoms with van der Waals surface area (Å²) in [5.41, 5.74) is 0. The van der Waals surface area contributed by atoms with Crippen LogP contribution in [0.3, 0.4) is 0 Å². The normalized spacial score (nSPS) is 6.93. The van der Waals surface area contributed by atoms with Gasteiger partial charge in [-0.3, -0.25) is 0 Å². The molecule has 0 atom stereocenters. The standard InChI is InChI=1S/C4H12N.C4H8.C3H5.2Rf/c1-5(2,3)4;1-3-4-2;1-3-2;;/h1-4H3;3H,1,4H2,2H3;3H,1-2H2;;/q+1;;-1;;. The van der Waals surface area contributed by atoms with Crippen LogP contribution in [-0.2, 0) is 0 Å². The summed E-state index contributed by atoms with van der Waals surface area (Å²) in [5, 5.41) is 0. The molecule has 78 valence electrons. The monoisotopic (exact) mass is 705 g/mol. The van der Waals surface area contributed by atoms with Crippen LogP contribution in [0.5, 0.6) is 0 Å². The fraction of sp³-hybridized carbons (Fsp3) is 0.545. The quantitative estimate of drug-likeness (QED) is 0.224. The van der Waals surface area contributed by atoms with E-state index in [2.05, 4.69) is 55.2 Å². The van der Waals surface area contributed by atoms with Crippen LogP contribution in [0.4, 0.5) is 0 Å². The van der Waals surface area contributed by atoms with E-state index in [0.29, 0.717) is 0 Å². The van der Waals surface area contributed by atoms with E-state index in [-0.39, 0.29) is 0 Å². The maximum Gasteiger partial charge on any atom is 0.0675 e. The largest absolute Gasteiger partial charge is 0.333 e. The molecule has 0 aromatic heterocycles. The molecule has 1 nitrogen and oxygen atoms in total. The van der Waals surface area contributed by atoms with E-state index in [0.717, 1.165) is 10.9 Å². The van der Waals surface area contributed by atoms with Gasteiger partial charge in [0.15, 0.2) is 0 Å². The fourth-order valence-corrected chi connectivity index (χ4v) is 0. The van der Waals surface area contributed by atoms with Crippen molar-refractivity contribution < 1.29 is 4.48 Å². The Labute approximate surface area is 79.0 Å². The molecule has 0 amide bonds. The molecule has 0 fully saturated rings. The molecule has 0 rings (SSSR count). The van der Waals surface area contributed by atoms with Crippen LogP contribution < -0.4 is 0 Å². The van der Waals surface area contributed by atoms with Crippen molar-refractivity contribution >= 4 is 0 Å². The van der Waals surface area contributed by atoms with E-state index >= 15 is 0 Å². The zero-order chi connectivity index (χ0) is 10.6. The molecule has 0 aromatic rings. The van der Waals surface area contributed by atoms with Gasteiger partial charge in [-0.15, -0.1) is 6.58 Å². The van der Waals surface area contributed by atoms with E-state index in [4.69, 9.17) is 0 Å². The maximum absolute atomic E-state index is 3.48. The maximum atomic E-state index is 3.48. The first kappa shape index (κ1) is 30.2. The second kappa shape index (κ2) is 22.4. The second-order valence-electron chi connectivity index (χ2n) is 3.67. The van der Waals surface area contributed by atoms with Gasteiger partial charge in [-0.1, -0.05) is 13.0 Å². The molecule has 0 aliphatic rings. The van der Waals surface area contributed by atoms with Crippen molar-refractivity contribution in [2.24, 2.45) is 0 Å². The number of hydrogen-bond acceptors (Lipinski definition) is 0.